The van der Waals surface area contributed by atoms with E-state index in [9.17, 15) is 4.79 Å². The van der Waals surface area contributed by atoms with E-state index < -0.39 is 5.54 Å². The molecule has 1 unspecified atom stereocenters. The van der Waals surface area contributed by atoms with Gasteiger partial charge in [-0.2, -0.15) is 0 Å². The Labute approximate surface area is 138 Å². The Balaban J connectivity index is 5.66. The maximum absolute atomic E-state index is 12.5. The van der Waals surface area contributed by atoms with Crippen LogP contribution in [0.5, 0.6) is 0 Å². The van der Waals surface area contributed by atoms with Crippen molar-refractivity contribution in [1.82, 2.24) is 5.32 Å². The van der Waals surface area contributed by atoms with Gasteiger partial charge in [0.25, 0.3) is 0 Å². The molecule has 3 N–H and O–H groups in total. The highest BCUT2D eigenvalue weighted by Gasteiger charge is 2.49. The number of carbonyl (C=O) groups is 1. The van der Waals surface area contributed by atoms with Crippen LogP contribution in [0, 0.1) is 29.1 Å². The standard InChI is InChI=1S/C19H40N2O/c1-10-11-18(8,9)12-21-19(15(6)7,17(20)22)16(13(2)3)14(4)5/h13-16,21H,10-12H2,1-9H3,(H2,20,22). The molecule has 3 heteroatoms. The van der Waals surface area contributed by atoms with Gasteiger partial charge >= 0.3 is 0 Å². The van der Waals surface area contributed by atoms with Crippen LogP contribution in [0.4, 0.5) is 0 Å². The predicted octanol–water partition coefficient (Wildman–Crippen LogP) is 4.21. The number of hydrogen-bond acceptors (Lipinski definition) is 2. The van der Waals surface area contributed by atoms with Crippen molar-refractivity contribution in [2.24, 2.45) is 34.8 Å². The average molecular weight is 313 g/mol. The third kappa shape index (κ3) is 4.97. The Morgan fingerprint density at radius 3 is 1.77 bits per heavy atom. The van der Waals surface area contributed by atoms with E-state index in [2.05, 4.69) is 67.6 Å². The van der Waals surface area contributed by atoms with Crippen LogP contribution in [-0.2, 0) is 4.79 Å². The Morgan fingerprint density at radius 1 is 1.05 bits per heavy atom. The summed E-state index contributed by atoms with van der Waals surface area (Å²) in [6.45, 7) is 20.6. The summed E-state index contributed by atoms with van der Waals surface area (Å²) in [5.74, 6) is 0.982. The molecule has 0 rings (SSSR count). The third-order valence-electron chi connectivity index (χ3n) is 5.07. The number of carbonyl (C=O) groups excluding carboxylic acids is 1. The van der Waals surface area contributed by atoms with Gasteiger partial charge in [-0.1, -0.05) is 68.7 Å². The molecule has 0 aliphatic rings. The summed E-state index contributed by atoms with van der Waals surface area (Å²) < 4.78 is 0. The van der Waals surface area contributed by atoms with Gasteiger partial charge in [-0.05, 0) is 35.5 Å². The second-order valence-corrected chi connectivity index (χ2v) is 8.67. The summed E-state index contributed by atoms with van der Waals surface area (Å²) in [5, 5.41) is 3.65. The maximum Gasteiger partial charge on any atom is 0.238 e. The number of hydrogen-bond donors (Lipinski definition) is 2. The average Bonchev–Trinajstić information content (AvgIpc) is 2.31. The lowest BCUT2D eigenvalue weighted by atomic mass is 9.65. The van der Waals surface area contributed by atoms with E-state index in [0.29, 0.717) is 11.8 Å². The molecule has 0 aliphatic carbocycles. The first-order valence-electron chi connectivity index (χ1n) is 8.97. The SMILES string of the molecule is CCCC(C)(C)CNC(C(N)=O)(C(C)C)C(C(C)C)C(C)C. The van der Waals surface area contributed by atoms with Crippen molar-refractivity contribution in [1.29, 1.82) is 0 Å². The van der Waals surface area contributed by atoms with Gasteiger partial charge in [-0.25, -0.2) is 0 Å². The molecule has 0 radical (unpaired) electrons. The number of nitrogens with one attached hydrogen (secondary N) is 1. The largest absolute Gasteiger partial charge is 0.368 e. The van der Waals surface area contributed by atoms with Gasteiger partial charge in [-0.15, -0.1) is 0 Å². The van der Waals surface area contributed by atoms with Crippen LogP contribution in [0.3, 0.4) is 0 Å². The summed E-state index contributed by atoms with van der Waals surface area (Å²) in [5.41, 5.74) is 5.47. The molecule has 132 valence electrons. The van der Waals surface area contributed by atoms with Gasteiger partial charge < -0.3 is 11.1 Å². The van der Waals surface area contributed by atoms with Gasteiger partial charge in [0.2, 0.25) is 5.91 Å². The fourth-order valence-electron chi connectivity index (χ4n) is 4.21. The molecule has 0 saturated carbocycles. The van der Waals surface area contributed by atoms with E-state index in [1.165, 1.54) is 0 Å². The van der Waals surface area contributed by atoms with Gasteiger partial charge in [0.15, 0.2) is 0 Å². The van der Waals surface area contributed by atoms with Crippen LogP contribution in [0.25, 0.3) is 0 Å². The number of nitrogens with two attached hydrogens (primary N) is 1. The molecular formula is C19H40N2O. The van der Waals surface area contributed by atoms with Crippen molar-refractivity contribution in [3.05, 3.63) is 0 Å². The minimum atomic E-state index is -0.645. The van der Waals surface area contributed by atoms with Crippen molar-refractivity contribution < 1.29 is 4.79 Å². The van der Waals surface area contributed by atoms with Gasteiger partial charge in [0.05, 0.1) is 0 Å². The molecule has 0 aromatic carbocycles. The molecule has 0 aromatic heterocycles. The fraction of sp³-hybridized carbons (Fsp3) is 0.947. The Hall–Kier alpha value is -0.570. The monoisotopic (exact) mass is 312 g/mol. The molecule has 0 fully saturated rings. The topological polar surface area (TPSA) is 55.1 Å². The first-order valence-corrected chi connectivity index (χ1v) is 8.97. The summed E-state index contributed by atoms with van der Waals surface area (Å²) in [4.78, 5) is 12.5. The van der Waals surface area contributed by atoms with Crippen LogP contribution in [0.15, 0.2) is 0 Å². The number of rotatable bonds is 10. The van der Waals surface area contributed by atoms with Crippen molar-refractivity contribution in [3.8, 4) is 0 Å². The molecular weight excluding hydrogens is 272 g/mol. The molecule has 1 atom stereocenters. The summed E-state index contributed by atoms with van der Waals surface area (Å²) in [7, 11) is 0. The first kappa shape index (κ1) is 21.4. The lowest BCUT2D eigenvalue weighted by Crippen LogP contribution is -2.67. The van der Waals surface area contributed by atoms with Crippen LogP contribution >= 0.6 is 0 Å². The molecule has 1 amide bonds. The molecule has 3 nitrogen and oxygen atoms in total. The second-order valence-electron chi connectivity index (χ2n) is 8.67. The van der Waals surface area contributed by atoms with Gasteiger partial charge in [0.1, 0.15) is 5.54 Å². The lowest BCUT2D eigenvalue weighted by Gasteiger charge is -2.47. The van der Waals surface area contributed by atoms with E-state index in [1.54, 1.807) is 0 Å². The maximum atomic E-state index is 12.5. The van der Waals surface area contributed by atoms with E-state index in [4.69, 9.17) is 5.73 Å². The highest BCUT2D eigenvalue weighted by atomic mass is 16.1. The zero-order valence-corrected chi connectivity index (χ0v) is 16.4. The minimum Gasteiger partial charge on any atom is -0.368 e. The molecule has 22 heavy (non-hydrogen) atoms. The highest BCUT2D eigenvalue weighted by molar-refractivity contribution is 5.85. The summed E-state index contributed by atoms with van der Waals surface area (Å²) >= 11 is 0. The summed E-state index contributed by atoms with van der Waals surface area (Å²) in [6, 6.07) is 0. The van der Waals surface area contributed by atoms with Crippen LogP contribution in [-0.4, -0.2) is 18.0 Å². The fourth-order valence-corrected chi connectivity index (χ4v) is 4.21. The van der Waals surface area contributed by atoms with E-state index in [-0.39, 0.29) is 23.2 Å². The Kier molecular flexibility index (Phi) is 8.11. The molecule has 0 heterocycles. The smallest absolute Gasteiger partial charge is 0.238 e. The number of amides is 1. The van der Waals surface area contributed by atoms with Crippen LogP contribution in [0.1, 0.15) is 75.2 Å². The molecule has 0 aromatic rings. The van der Waals surface area contributed by atoms with Crippen molar-refractivity contribution >= 4 is 5.91 Å². The van der Waals surface area contributed by atoms with Crippen molar-refractivity contribution in [3.63, 3.8) is 0 Å². The van der Waals surface area contributed by atoms with E-state index in [0.717, 1.165) is 19.4 Å². The molecule has 0 bridgehead atoms. The van der Waals surface area contributed by atoms with Crippen LogP contribution < -0.4 is 11.1 Å². The molecule has 0 saturated heterocycles. The van der Waals surface area contributed by atoms with Gasteiger partial charge in [0, 0.05) is 6.54 Å². The second kappa shape index (κ2) is 8.33. The zero-order chi connectivity index (χ0) is 17.7. The Morgan fingerprint density at radius 2 is 1.50 bits per heavy atom. The quantitative estimate of drug-likeness (QED) is 0.635. The first-order chi connectivity index (χ1) is 9.92. The molecule has 0 aliphatic heterocycles. The minimum absolute atomic E-state index is 0.164. The van der Waals surface area contributed by atoms with Crippen LogP contribution in [0.2, 0.25) is 0 Å². The van der Waals surface area contributed by atoms with Gasteiger partial charge in [-0.3, -0.25) is 4.79 Å². The molecule has 0 spiro atoms. The Bertz CT molecular complexity index is 339. The normalized spacial score (nSPS) is 15.9. The lowest BCUT2D eigenvalue weighted by molar-refractivity contribution is -0.131. The van der Waals surface area contributed by atoms with Crippen molar-refractivity contribution in [2.75, 3.05) is 6.54 Å². The zero-order valence-electron chi connectivity index (χ0n) is 16.4. The predicted molar refractivity (Wildman–Crippen MR) is 96.6 cm³/mol. The van der Waals surface area contributed by atoms with E-state index >= 15 is 0 Å². The van der Waals surface area contributed by atoms with E-state index in [1.807, 2.05) is 0 Å². The third-order valence-corrected chi connectivity index (χ3v) is 5.07. The summed E-state index contributed by atoms with van der Waals surface area (Å²) in [6.07, 6.45) is 2.29. The number of primary amides is 1. The van der Waals surface area contributed by atoms with Crippen molar-refractivity contribution in [2.45, 2.75) is 80.7 Å². The highest BCUT2D eigenvalue weighted by Crippen LogP contribution is 2.38.